The molecule has 15 heteroatoms. The van der Waals surface area contributed by atoms with Crippen molar-refractivity contribution in [1.82, 2.24) is 4.90 Å². The molecule has 3 fully saturated rings. The topological polar surface area (TPSA) is 178 Å². The summed E-state index contributed by atoms with van der Waals surface area (Å²) in [5, 5.41) is 35.0. The Morgan fingerprint density at radius 1 is 0.909 bits per heavy atom. The van der Waals surface area contributed by atoms with Crippen LogP contribution in [0.5, 0.6) is 0 Å². The summed E-state index contributed by atoms with van der Waals surface area (Å²) in [4.78, 5) is 58.1. The molecule has 0 radical (unpaired) electrons. The maximum absolute atomic E-state index is 14.4. The van der Waals surface area contributed by atoms with E-state index in [0.29, 0.717) is 62.5 Å². The Bertz CT molecular complexity index is 1920. The number of aliphatic hydroxyl groups excluding tert-OH is 2. The molecule has 3 aliphatic heterocycles. The molecule has 1 amide bonds. The fraction of sp³-hybridized carbons (Fsp3) is 0.686. The van der Waals surface area contributed by atoms with Crippen LogP contribution >= 0.6 is 0 Å². The van der Waals surface area contributed by atoms with Gasteiger partial charge < -0.3 is 43.9 Å². The number of hydrogen-bond donors (Lipinski definition) is 3. The van der Waals surface area contributed by atoms with Gasteiger partial charge in [0.1, 0.15) is 35.7 Å². The van der Waals surface area contributed by atoms with Gasteiger partial charge in [0.15, 0.2) is 0 Å². The van der Waals surface area contributed by atoms with E-state index in [0.717, 1.165) is 16.5 Å². The van der Waals surface area contributed by atoms with Crippen molar-refractivity contribution in [1.29, 1.82) is 0 Å². The van der Waals surface area contributed by atoms with E-state index in [4.69, 9.17) is 23.7 Å². The number of hydrogen-bond acceptors (Lipinski definition) is 12. The van der Waals surface area contributed by atoms with Crippen LogP contribution in [0.2, 0.25) is 0 Å². The lowest BCUT2D eigenvalue weighted by molar-refractivity contribution is -0.302. The summed E-state index contributed by atoms with van der Waals surface area (Å²) in [5.74, 6) is -9.45. The number of esters is 1. The van der Waals surface area contributed by atoms with Crippen LogP contribution in [0.1, 0.15) is 118 Å². The van der Waals surface area contributed by atoms with E-state index < -0.39 is 102 Å². The SMILES string of the molecule is CCC1C=C(C)CC(C)CC(OC)C2OC(O)(C(=O)C(=O)N3CCCCC3C(=O)OC(C(C)=CC3CCC(OCC=Cc4cc(F)cc(F)c4)C(O)C3)C(C)C(O)CC1=O)C(C)CC2OC. The van der Waals surface area contributed by atoms with Gasteiger partial charge in [-0.2, -0.15) is 0 Å². The molecule has 3 heterocycles. The highest BCUT2D eigenvalue weighted by Crippen LogP contribution is 2.39. The first-order chi connectivity index (χ1) is 31.3. The van der Waals surface area contributed by atoms with E-state index >= 15 is 0 Å². The molecule has 0 aromatic heterocycles. The van der Waals surface area contributed by atoms with Crippen molar-refractivity contribution in [2.24, 2.45) is 29.6 Å². The second-order valence-electron chi connectivity index (χ2n) is 19.4. The third-order valence-electron chi connectivity index (χ3n) is 14.2. The molecule has 2 bridgehead atoms. The summed E-state index contributed by atoms with van der Waals surface area (Å²) in [5.41, 5.74) is 1.89. The zero-order valence-electron chi connectivity index (χ0n) is 40.0. The minimum absolute atomic E-state index is 0.00401. The third kappa shape index (κ3) is 13.3. The van der Waals surface area contributed by atoms with Gasteiger partial charge in [-0.05, 0) is 113 Å². The molecule has 66 heavy (non-hydrogen) atoms. The zero-order valence-corrected chi connectivity index (χ0v) is 40.0. The monoisotopic (exact) mass is 930 g/mol. The van der Waals surface area contributed by atoms with Crippen LogP contribution in [0.15, 0.2) is 47.6 Å². The molecule has 14 unspecified atom stereocenters. The number of ether oxygens (including phenoxy) is 5. The molecule has 13 nitrogen and oxygen atoms in total. The number of fused-ring (bicyclic) bond motifs is 3. The van der Waals surface area contributed by atoms with Crippen molar-refractivity contribution in [3.63, 3.8) is 0 Å². The predicted octanol–water partition coefficient (Wildman–Crippen LogP) is 6.83. The van der Waals surface area contributed by atoms with Gasteiger partial charge in [0.25, 0.3) is 11.7 Å². The largest absolute Gasteiger partial charge is 0.456 e. The lowest BCUT2D eigenvalue weighted by Crippen LogP contribution is -2.64. The van der Waals surface area contributed by atoms with Crippen LogP contribution in [-0.2, 0) is 42.9 Å². The van der Waals surface area contributed by atoms with Crippen LogP contribution in [0.25, 0.3) is 6.08 Å². The van der Waals surface area contributed by atoms with Crippen LogP contribution in [-0.4, -0.2) is 126 Å². The molecule has 2 saturated heterocycles. The fourth-order valence-corrected chi connectivity index (χ4v) is 10.4. The van der Waals surface area contributed by atoms with Crippen molar-refractivity contribution >= 4 is 29.5 Å². The molecule has 4 aliphatic rings. The molecule has 3 N–H and O–H groups in total. The third-order valence-corrected chi connectivity index (χ3v) is 14.2. The van der Waals surface area contributed by atoms with Gasteiger partial charge in [-0.15, -0.1) is 0 Å². The number of rotatable bonds is 9. The average Bonchev–Trinajstić information content (AvgIpc) is 3.27. The van der Waals surface area contributed by atoms with Gasteiger partial charge in [0.2, 0.25) is 5.79 Å². The van der Waals surface area contributed by atoms with Crippen molar-refractivity contribution < 1.29 is 67.0 Å². The Labute approximate surface area is 388 Å². The van der Waals surface area contributed by atoms with E-state index in [2.05, 4.69) is 0 Å². The molecule has 1 saturated carbocycles. The van der Waals surface area contributed by atoms with Gasteiger partial charge in [-0.1, -0.05) is 57.6 Å². The lowest BCUT2D eigenvalue weighted by Gasteiger charge is -2.47. The number of benzene rings is 1. The lowest BCUT2D eigenvalue weighted by atomic mass is 9.81. The van der Waals surface area contributed by atoms with Crippen LogP contribution in [0, 0.1) is 41.2 Å². The molecular formula is C51H73F2NO12. The van der Waals surface area contributed by atoms with Crippen molar-refractivity contribution in [2.45, 2.75) is 167 Å². The van der Waals surface area contributed by atoms with E-state index in [1.165, 1.54) is 26.4 Å². The number of halogens is 2. The number of ketones is 2. The minimum atomic E-state index is -2.54. The first-order valence-corrected chi connectivity index (χ1v) is 23.8. The molecule has 1 aliphatic carbocycles. The van der Waals surface area contributed by atoms with E-state index in [1.54, 1.807) is 32.9 Å². The number of carbonyl (C=O) groups excluding carboxylic acids is 4. The number of cyclic esters (lactones) is 1. The van der Waals surface area contributed by atoms with Crippen LogP contribution in [0.4, 0.5) is 8.78 Å². The number of amides is 1. The summed E-state index contributed by atoms with van der Waals surface area (Å²) in [6, 6.07) is 2.01. The standard InChI is InChI=1S/C51H73F2NO12/c1-9-36-20-29(2)19-30(3)21-44(62-7)47-45(63-8)23-32(5)51(61,66-47)48(58)49(59)54-17-11-10-14-39(54)50(60)65-46(33(6)40(55)28-41(36)56)31(4)22-35-15-16-43(42(57)26-35)64-18-12-13-34-24-37(52)27-38(53)25-34/h12-13,20,22,24-25,27,30,32-33,35-36,39-40,42-47,55,57,61H,9-11,14-19,21,23,26,28H2,1-8H3. The van der Waals surface area contributed by atoms with Gasteiger partial charge in [-0.3, -0.25) is 14.4 Å². The highest BCUT2D eigenvalue weighted by atomic mass is 19.1. The van der Waals surface area contributed by atoms with E-state index in [1.807, 2.05) is 32.9 Å². The van der Waals surface area contributed by atoms with Crippen molar-refractivity contribution in [3.8, 4) is 0 Å². The summed E-state index contributed by atoms with van der Waals surface area (Å²) in [6.07, 6.45) is 5.42. The Morgan fingerprint density at radius 2 is 1.59 bits per heavy atom. The predicted molar refractivity (Wildman–Crippen MR) is 242 cm³/mol. The maximum atomic E-state index is 14.4. The minimum Gasteiger partial charge on any atom is -0.456 e. The summed E-state index contributed by atoms with van der Waals surface area (Å²) >= 11 is 0. The van der Waals surface area contributed by atoms with Crippen molar-refractivity contribution in [2.75, 3.05) is 27.4 Å². The number of allylic oxidation sites excluding steroid dienone is 3. The molecule has 368 valence electrons. The van der Waals surface area contributed by atoms with Crippen molar-refractivity contribution in [3.05, 3.63) is 64.8 Å². The van der Waals surface area contributed by atoms with Gasteiger partial charge in [-0.25, -0.2) is 13.6 Å². The average molecular weight is 930 g/mol. The normalized spacial score (nSPS) is 36.4. The van der Waals surface area contributed by atoms with Crippen LogP contribution < -0.4 is 0 Å². The Kier molecular flexibility index (Phi) is 19.4. The quantitative estimate of drug-likeness (QED) is 0.134. The van der Waals surface area contributed by atoms with Gasteiger partial charge in [0, 0.05) is 51.0 Å². The number of piperidine rings is 1. The number of methoxy groups -OCH3 is 2. The highest BCUT2D eigenvalue weighted by molar-refractivity contribution is 6.39. The second kappa shape index (κ2) is 24.0. The highest BCUT2D eigenvalue weighted by Gasteiger charge is 2.56. The fourth-order valence-electron chi connectivity index (χ4n) is 10.4. The Hall–Kier alpha value is -3.70. The first-order valence-electron chi connectivity index (χ1n) is 23.8. The maximum Gasteiger partial charge on any atom is 0.329 e. The molecule has 0 spiro atoms. The number of carbonyl (C=O) groups is 4. The molecule has 1 aromatic rings. The number of Topliss-reactive ketones (excluding diaryl/α,β-unsaturated/α-hetero) is 2. The summed E-state index contributed by atoms with van der Waals surface area (Å²) in [6.45, 7) is 11.2. The van der Waals surface area contributed by atoms with Gasteiger partial charge >= 0.3 is 5.97 Å². The first kappa shape index (κ1) is 53.3. The second-order valence-corrected chi connectivity index (χ2v) is 19.4. The summed E-state index contributed by atoms with van der Waals surface area (Å²) in [7, 11) is 3.03. The Morgan fingerprint density at radius 3 is 2.24 bits per heavy atom. The molecule has 5 rings (SSSR count). The molecule has 1 aromatic carbocycles. The van der Waals surface area contributed by atoms with E-state index in [-0.39, 0.29) is 50.0 Å². The number of nitrogens with zero attached hydrogens (tertiary/aromatic N) is 1. The van der Waals surface area contributed by atoms with E-state index in [9.17, 15) is 43.3 Å². The molecule has 14 atom stereocenters. The smallest absolute Gasteiger partial charge is 0.329 e. The zero-order chi connectivity index (χ0) is 48.5. The van der Waals surface area contributed by atoms with Crippen LogP contribution in [0.3, 0.4) is 0 Å². The van der Waals surface area contributed by atoms with Gasteiger partial charge in [0.05, 0.1) is 37.1 Å². The number of aliphatic hydroxyl groups is 3. The Balaban J connectivity index is 1.42. The summed E-state index contributed by atoms with van der Waals surface area (Å²) < 4.78 is 57.4. The molecular weight excluding hydrogens is 857 g/mol.